The minimum absolute atomic E-state index is 0.624. The van der Waals surface area contributed by atoms with Crippen molar-refractivity contribution < 1.29 is 0 Å². The molecule has 0 aliphatic carbocycles. The zero-order chi connectivity index (χ0) is 42.1. The number of rotatable bonds is 6. The summed E-state index contributed by atoms with van der Waals surface area (Å²) in [6.07, 6.45) is 0. The van der Waals surface area contributed by atoms with Gasteiger partial charge in [-0.15, -0.1) is 0 Å². The highest BCUT2D eigenvalue weighted by Crippen LogP contribution is 2.48. The van der Waals surface area contributed by atoms with Crippen LogP contribution in [-0.2, 0) is 0 Å². The topological polar surface area (TPSA) is 48.5 Å². The summed E-state index contributed by atoms with van der Waals surface area (Å²) in [5.74, 6) is 1.90. The summed E-state index contributed by atoms with van der Waals surface area (Å²) >= 11 is 0. The SMILES string of the molecule is c1ccc(-c2nc(-c3ccc(-n4c5ccccc5c5c(-c6ccccc6)c6c7c8ccccc8ccc7n(-c7ccccc7)c6cc54)cc3)nc(-c3ccc4ccccc4c3)n2)cc1. The van der Waals surface area contributed by atoms with Crippen molar-refractivity contribution in [3.63, 3.8) is 0 Å². The summed E-state index contributed by atoms with van der Waals surface area (Å²) in [4.78, 5) is 15.2. The first-order valence-electron chi connectivity index (χ1n) is 21.7. The second kappa shape index (κ2) is 14.5. The maximum atomic E-state index is 5.13. The summed E-state index contributed by atoms with van der Waals surface area (Å²) in [7, 11) is 0. The van der Waals surface area contributed by atoms with Crippen molar-refractivity contribution in [2.75, 3.05) is 0 Å². The molecule has 0 spiro atoms. The number of para-hydroxylation sites is 2. The van der Waals surface area contributed by atoms with Crippen LogP contribution in [0.3, 0.4) is 0 Å². The van der Waals surface area contributed by atoms with Crippen LogP contribution in [-0.4, -0.2) is 24.1 Å². The Bertz CT molecular complexity index is 3930. The van der Waals surface area contributed by atoms with Crippen LogP contribution in [0, 0.1) is 0 Å². The van der Waals surface area contributed by atoms with Gasteiger partial charge in [0.2, 0.25) is 0 Å². The lowest BCUT2D eigenvalue weighted by Crippen LogP contribution is -2.00. The summed E-state index contributed by atoms with van der Waals surface area (Å²) < 4.78 is 4.88. The van der Waals surface area contributed by atoms with Crippen molar-refractivity contribution in [1.29, 1.82) is 0 Å². The molecule has 0 saturated heterocycles. The fourth-order valence-electron chi connectivity index (χ4n) is 9.85. The smallest absolute Gasteiger partial charge is 0.164 e. The van der Waals surface area contributed by atoms with Crippen LogP contribution in [0.15, 0.2) is 224 Å². The van der Waals surface area contributed by atoms with Crippen LogP contribution in [0.2, 0.25) is 0 Å². The normalized spacial score (nSPS) is 11.8. The van der Waals surface area contributed by atoms with Crippen LogP contribution < -0.4 is 0 Å². The highest BCUT2D eigenvalue weighted by atomic mass is 15.0. The van der Waals surface area contributed by atoms with E-state index in [0.29, 0.717) is 17.5 Å². The third-order valence-electron chi connectivity index (χ3n) is 12.7. The van der Waals surface area contributed by atoms with Crippen molar-refractivity contribution in [2.24, 2.45) is 0 Å². The highest BCUT2D eigenvalue weighted by Gasteiger charge is 2.25. The van der Waals surface area contributed by atoms with Crippen LogP contribution in [0.1, 0.15) is 0 Å². The minimum Gasteiger partial charge on any atom is -0.309 e. The van der Waals surface area contributed by atoms with Gasteiger partial charge in [-0.05, 0) is 87.8 Å². The van der Waals surface area contributed by atoms with Gasteiger partial charge in [0.25, 0.3) is 0 Å². The number of nitrogens with zero attached hydrogens (tertiary/aromatic N) is 5. The van der Waals surface area contributed by atoms with Gasteiger partial charge in [0, 0.05) is 55.2 Å². The second-order valence-corrected chi connectivity index (χ2v) is 16.4. The lowest BCUT2D eigenvalue weighted by atomic mass is 9.93. The molecule has 13 aromatic rings. The van der Waals surface area contributed by atoms with Gasteiger partial charge in [-0.3, -0.25) is 0 Å². The Morgan fingerprint density at radius 1 is 0.266 bits per heavy atom. The summed E-state index contributed by atoms with van der Waals surface area (Å²) in [5.41, 5.74) is 12.0. The Labute approximate surface area is 368 Å². The minimum atomic E-state index is 0.624. The summed E-state index contributed by atoms with van der Waals surface area (Å²) in [5, 5.41) is 9.72. The molecule has 10 aromatic carbocycles. The predicted octanol–water partition coefficient (Wildman–Crippen LogP) is 15.0. The third-order valence-corrected chi connectivity index (χ3v) is 12.7. The van der Waals surface area contributed by atoms with E-state index in [9.17, 15) is 0 Å². The molecule has 0 saturated carbocycles. The average molecular weight is 816 g/mol. The summed E-state index contributed by atoms with van der Waals surface area (Å²) in [6, 6.07) is 79.9. The maximum Gasteiger partial charge on any atom is 0.164 e. The molecule has 0 unspecified atom stereocenters. The Morgan fingerprint density at radius 2 is 0.766 bits per heavy atom. The molecule has 5 nitrogen and oxygen atoms in total. The molecular formula is C59H37N5. The Balaban J connectivity index is 1.07. The van der Waals surface area contributed by atoms with Gasteiger partial charge >= 0.3 is 0 Å². The summed E-state index contributed by atoms with van der Waals surface area (Å²) in [6.45, 7) is 0. The molecule has 0 atom stereocenters. The molecule has 3 heterocycles. The zero-order valence-electron chi connectivity index (χ0n) is 34.6. The molecule has 298 valence electrons. The first-order chi connectivity index (χ1) is 31.7. The second-order valence-electron chi connectivity index (χ2n) is 16.4. The predicted molar refractivity (Wildman–Crippen MR) is 265 cm³/mol. The quantitative estimate of drug-likeness (QED) is 0.168. The molecular weight excluding hydrogens is 779 g/mol. The van der Waals surface area contributed by atoms with Crippen molar-refractivity contribution in [1.82, 2.24) is 24.1 Å². The lowest BCUT2D eigenvalue weighted by molar-refractivity contribution is 1.07. The van der Waals surface area contributed by atoms with E-state index in [-0.39, 0.29) is 0 Å². The van der Waals surface area contributed by atoms with Gasteiger partial charge in [-0.2, -0.15) is 0 Å². The molecule has 64 heavy (non-hydrogen) atoms. The number of hydrogen-bond acceptors (Lipinski definition) is 3. The Kier molecular flexibility index (Phi) is 8.15. The third kappa shape index (κ3) is 5.68. The fraction of sp³-hybridized carbons (Fsp3) is 0. The van der Waals surface area contributed by atoms with Gasteiger partial charge < -0.3 is 9.13 Å². The van der Waals surface area contributed by atoms with E-state index < -0.39 is 0 Å². The molecule has 5 heteroatoms. The molecule has 0 N–H and O–H groups in total. The molecule has 3 aromatic heterocycles. The standard InChI is InChI=1S/C59H37N5/c1-4-18-40(19-5-1)53-55-48-26-14-15-27-49(48)63(51(55)37-52-56(53)54-47-25-13-12-17-39(47)32-35-50(54)64(52)45-23-8-3-9-24-45)46-33-30-42(31-34-46)58-60-57(41-20-6-2-7-21-41)61-59(62-58)44-29-28-38-16-10-11-22-43(38)36-44/h1-37H. The maximum absolute atomic E-state index is 5.13. The zero-order valence-corrected chi connectivity index (χ0v) is 34.6. The lowest BCUT2D eigenvalue weighted by Gasteiger charge is -2.13. The Hall–Kier alpha value is -8.67. The number of hydrogen-bond donors (Lipinski definition) is 0. The van der Waals surface area contributed by atoms with E-state index in [2.05, 4.69) is 215 Å². The van der Waals surface area contributed by atoms with Crippen molar-refractivity contribution in [3.05, 3.63) is 224 Å². The van der Waals surface area contributed by atoms with E-state index >= 15 is 0 Å². The largest absolute Gasteiger partial charge is 0.309 e. The highest BCUT2D eigenvalue weighted by molar-refractivity contribution is 6.32. The van der Waals surface area contributed by atoms with E-state index in [1.165, 1.54) is 54.3 Å². The van der Waals surface area contributed by atoms with E-state index in [0.717, 1.165) is 50.0 Å². The van der Waals surface area contributed by atoms with Gasteiger partial charge in [0.1, 0.15) is 0 Å². The van der Waals surface area contributed by atoms with Gasteiger partial charge in [-0.1, -0.05) is 164 Å². The number of benzene rings is 10. The van der Waals surface area contributed by atoms with E-state index in [1.807, 2.05) is 18.2 Å². The Morgan fingerprint density at radius 3 is 1.50 bits per heavy atom. The van der Waals surface area contributed by atoms with Gasteiger partial charge in [-0.25, -0.2) is 15.0 Å². The first kappa shape index (κ1) is 36.0. The molecule has 0 amide bonds. The van der Waals surface area contributed by atoms with E-state index in [4.69, 9.17) is 15.0 Å². The van der Waals surface area contributed by atoms with Crippen molar-refractivity contribution >= 4 is 65.2 Å². The first-order valence-corrected chi connectivity index (χ1v) is 21.7. The number of fused-ring (bicyclic) bond motifs is 9. The van der Waals surface area contributed by atoms with Crippen LogP contribution >= 0.6 is 0 Å². The monoisotopic (exact) mass is 815 g/mol. The average Bonchev–Trinajstić information content (AvgIpc) is 3.89. The fourth-order valence-corrected chi connectivity index (χ4v) is 9.85. The molecule has 0 radical (unpaired) electrons. The molecule has 0 bridgehead atoms. The van der Waals surface area contributed by atoms with Crippen LogP contribution in [0.4, 0.5) is 0 Å². The molecule has 0 aliphatic rings. The molecule has 0 aliphatic heterocycles. The van der Waals surface area contributed by atoms with Crippen molar-refractivity contribution in [3.8, 4) is 56.7 Å². The van der Waals surface area contributed by atoms with Gasteiger partial charge in [0.05, 0.1) is 22.1 Å². The van der Waals surface area contributed by atoms with Crippen LogP contribution in [0.5, 0.6) is 0 Å². The van der Waals surface area contributed by atoms with Gasteiger partial charge in [0.15, 0.2) is 17.5 Å². The molecule has 13 rings (SSSR count). The molecule has 0 fully saturated rings. The number of aromatic nitrogens is 5. The van der Waals surface area contributed by atoms with E-state index in [1.54, 1.807) is 0 Å². The van der Waals surface area contributed by atoms with Crippen LogP contribution in [0.25, 0.3) is 122 Å². The van der Waals surface area contributed by atoms with Crippen molar-refractivity contribution in [2.45, 2.75) is 0 Å².